The SMILES string of the molecule is CCOC(=O)C1CCN(c2nc3c(s2)c(C)nn3C)CC1. The van der Waals surface area contributed by atoms with Gasteiger partial charge < -0.3 is 9.64 Å². The second-order valence-corrected chi connectivity index (χ2v) is 6.35. The molecule has 1 aliphatic heterocycles. The first-order valence-corrected chi connectivity index (χ1v) is 8.13. The molecule has 1 aliphatic rings. The van der Waals surface area contributed by atoms with E-state index in [0.717, 1.165) is 47.1 Å². The zero-order valence-corrected chi connectivity index (χ0v) is 13.4. The first-order chi connectivity index (χ1) is 10.1. The van der Waals surface area contributed by atoms with Crippen LogP contribution in [0.4, 0.5) is 5.13 Å². The molecule has 0 unspecified atom stereocenters. The van der Waals surface area contributed by atoms with Crippen molar-refractivity contribution in [3.05, 3.63) is 5.69 Å². The third-order valence-corrected chi connectivity index (χ3v) is 5.13. The number of rotatable bonds is 3. The van der Waals surface area contributed by atoms with Gasteiger partial charge in [0.05, 0.1) is 22.9 Å². The monoisotopic (exact) mass is 308 g/mol. The lowest BCUT2D eigenvalue weighted by molar-refractivity contribution is -0.148. The molecule has 21 heavy (non-hydrogen) atoms. The Hall–Kier alpha value is -1.63. The Kier molecular flexibility index (Phi) is 3.84. The molecule has 2 aromatic heterocycles. The quantitative estimate of drug-likeness (QED) is 0.813. The highest BCUT2D eigenvalue weighted by Crippen LogP contribution is 2.33. The number of carbonyl (C=O) groups excluding carboxylic acids is 1. The highest BCUT2D eigenvalue weighted by Gasteiger charge is 2.27. The molecule has 3 rings (SSSR count). The summed E-state index contributed by atoms with van der Waals surface area (Å²) < 4.78 is 8.09. The molecule has 0 N–H and O–H groups in total. The molecule has 1 saturated heterocycles. The summed E-state index contributed by atoms with van der Waals surface area (Å²) in [6.07, 6.45) is 1.68. The van der Waals surface area contributed by atoms with Gasteiger partial charge in [0.2, 0.25) is 0 Å². The fraction of sp³-hybridized carbons (Fsp3) is 0.643. The number of thiazole rings is 1. The van der Waals surface area contributed by atoms with Crippen LogP contribution in [0.2, 0.25) is 0 Å². The molecule has 2 aromatic rings. The van der Waals surface area contributed by atoms with E-state index >= 15 is 0 Å². The van der Waals surface area contributed by atoms with E-state index in [1.165, 1.54) is 0 Å². The number of aromatic nitrogens is 3. The molecule has 6 nitrogen and oxygen atoms in total. The maximum atomic E-state index is 11.8. The van der Waals surface area contributed by atoms with E-state index in [0.29, 0.717) is 6.61 Å². The minimum Gasteiger partial charge on any atom is -0.466 e. The molecule has 7 heteroatoms. The van der Waals surface area contributed by atoms with Crippen molar-refractivity contribution >= 4 is 32.8 Å². The second-order valence-electron chi connectivity index (χ2n) is 5.37. The Balaban J connectivity index is 1.71. The summed E-state index contributed by atoms with van der Waals surface area (Å²) in [5.41, 5.74) is 1.97. The smallest absolute Gasteiger partial charge is 0.309 e. The van der Waals surface area contributed by atoms with Gasteiger partial charge in [0.15, 0.2) is 10.8 Å². The van der Waals surface area contributed by atoms with Crippen molar-refractivity contribution in [2.45, 2.75) is 26.7 Å². The molecule has 114 valence electrons. The van der Waals surface area contributed by atoms with Crippen LogP contribution in [0.15, 0.2) is 0 Å². The molecule has 0 bridgehead atoms. The van der Waals surface area contributed by atoms with Gasteiger partial charge in [-0.25, -0.2) is 9.67 Å². The Morgan fingerprint density at radius 3 is 2.76 bits per heavy atom. The first kappa shape index (κ1) is 14.3. The third kappa shape index (κ3) is 2.62. The number of hydrogen-bond donors (Lipinski definition) is 0. The van der Waals surface area contributed by atoms with Crippen LogP contribution in [0.25, 0.3) is 10.3 Å². The molecule has 0 amide bonds. The summed E-state index contributed by atoms with van der Waals surface area (Å²) in [6, 6.07) is 0. The van der Waals surface area contributed by atoms with Gasteiger partial charge in [0, 0.05) is 20.1 Å². The number of nitrogens with zero attached hydrogens (tertiary/aromatic N) is 4. The Bertz CT molecular complexity index is 621. The van der Waals surface area contributed by atoms with Crippen LogP contribution in [0.5, 0.6) is 0 Å². The standard InChI is InChI=1S/C14H20N4O2S/c1-4-20-13(19)10-5-7-18(8-6-10)14-15-12-11(21-14)9(2)16-17(12)3/h10H,4-8H2,1-3H3. The van der Waals surface area contributed by atoms with Gasteiger partial charge in [-0.15, -0.1) is 0 Å². The van der Waals surface area contributed by atoms with E-state index < -0.39 is 0 Å². The van der Waals surface area contributed by atoms with Gasteiger partial charge in [-0.05, 0) is 26.7 Å². The van der Waals surface area contributed by atoms with Crippen molar-refractivity contribution in [2.75, 3.05) is 24.6 Å². The highest BCUT2D eigenvalue weighted by atomic mass is 32.1. The Morgan fingerprint density at radius 2 is 2.14 bits per heavy atom. The fourth-order valence-electron chi connectivity index (χ4n) is 2.78. The first-order valence-electron chi connectivity index (χ1n) is 7.32. The largest absolute Gasteiger partial charge is 0.466 e. The summed E-state index contributed by atoms with van der Waals surface area (Å²) in [7, 11) is 1.92. The van der Waals surface area contributed by atoms with E-state index in [-0.39, 0.29) is 11.9 Å². The number of fused-ring (bicyclic) bond motifs is 1. The van der Waals surface area contributed by atoms with Crippen LogP contribution >= 0.6 is 11.3 Å². The van der Waals surface area contributed by atoms with Crippen molar-refractivity contribution in [1.82, 2.24) is 14.8 Å². The molecule has 0 aliphatic carbocycles. The van der Waals surface area contributed by atoms with Gasteiger partial charge in [-0.2, -0.15) is 5.10 Å². The Morgan fingerprint density at radius 1 is 1.43 bits per heavy atom. The lowest BCUT2D eigenvalue weighted by Gasteiger charge is -2.30. The van der Waals surface area contributed by atoms with E-state index in [9.17, 15) is 4.79 Å². The molecule has 0 saturated carbocycles. The van der Waals surface area contributed by atoms with Gasteiger partial charge in [-0.3, -0.25) is 4.79 Å². The van der Waals surface area contributed by atoms with Gasteiger partial charge >= 0.3 is 5.97 Å². The maximum absolute atomic E-state index is 11.8. The number of piperidine rings is 1. The number of hydrogen-bond acceptors (Lipinski definition) is 6. The summed E-state index contributed by atoms with van der Waals surface area (Å²) in [5, 5.41) is 5.41. The van der Waals surface area contributed by atoms with E-state index in [4.69, 9.17) is 9.72 Å². The molecule has 3 heterocycles. The van der Waals surface area contributed by atoms with Crippen LogP contribution in [0, 0.1) is 12.8 Å². The van der Waals surface area contributed by atoms with Crippen molar-refractivity contribution in [3.8, 4) is 0 Å². The Labute approximate surface area is 127 Å². The van der Waals surface area contributed by atoms with Crippen LogP contribution in [0.3, 0.4) is 0 Å². The van der Waals surface area contributed by atoms with Crippen molar-refractivity contribution in [3.63, 3.8) is 0 Å². The minimum atomic E-state index is -0.0542. The highest BCUT2D eigenvalue weighted by molar-refractivity contribution is 7.22. The fourth-order valence-corrected chi connectivity index (χ4v) is 3.86. The molecule has 1 fully saturated rings. The number of ether oxygens (including phenoxy) is 1. The minimum absolute atomic E-state index is 0.0407. The molecule has 0 radical (unpaired) electrons. The second kappa shape index (κ2) is 5.63. The normalized spacial score (nSPS) is 16.6. The number of carbonyl (C=O) groups is 1. The lowest BCUT2D eigenvalue weighted by Crippen LogP contribution is -2.36. The molecule has 0 spiro atoms. The summed E-state index contributed by atoms with van der Waals surface area (Å²) in [4.78, 5) is 18.7. The molecule has 0 aromatic carbocycles. The molecular formula is C14H20N4O2S. The van der Waals surface area contributed by atoms with Crippen LogP contribution in [0.1, 0.15) is 25.5 Å². The van der Waals surface area contributed by atoms with Crippen molar-refractivity contribution in [2.24, 2.45) is 13.0 Å². The van der Waals surface area contributed by atoms with Crippen LogP contribution in [-0.2, 0) is 16.6 Å². The van der Waals surface area contributed by atoms with Gasteiger partial charge in [-0.1, -0.05) is 11.3 Å². The number of esters is 1. The van der Waals surface area contributed by atoms with Crippen LogP contribution < -0.4 is 4.90 Å². The number of aryl methyl sites for hydroxylation is 2. The van der Waals surface area contributed by atoms with Crippen molar-refractivity contribution in [1.29, 1.82) is 0 Å². The zero-order chi connectivity index (χ0) is 15.0. The number of anilines is 1. The predicted octanol–water partition coefficient (Wildman–Crippen LogP) is 2.12. The van der Waals surface area contributed by atoms with Gasteiger partial charge in [0.25, 0.3) is 0 Å². The van der Waals surface area contributed by atoms with E-state index in [1.807, 2.05) is 25.6 Å². The van der Waals surface area contributed by atoms with Gasteiger partial charge in [0.1, 0.15) is 0 Å². The maximum Gasteiger partial charge on any atom is 0.309 e. The van der Waals surface area contributed by atoms with Crippen molar-refractivity contribution < 1.29 is 9.53 Å². The topological polar surface area (TPSA) is 60.2 Å². The summed E-state index contributed by atoms with van der Waals surface area (Å²) in [6.45, 7) is 6.04. The van der Waals surface area contributed by atoms with E-state index in [1.54, 1.807) is 11.3 Å². The lowest BCUT2D eigenvalue weighted by atomic mass is 9.97. The predicted molar refractivity (Wildman–Crippen MR) is 82.7 cm³/mol. The van der Waals surface area contributed by atoms with E-state index in [2.05, 4.69) is 10.00 Å². The summed E-state index contributed by atoms with van der Waals surface area (Å²) in [5.74, 6) is -0.0134. The third-order valence-electron chi connectivity index (χ3n) is 3.92. The summed E-state index contributed by atoms with van der Waals surface area (Å²) >= 11 is 1.69. The molecular weight excluding hydrogens is 288 g/mol. The average Bonchev–Trinajstić information content (AvgIpc) is 3.02. The average molecular weight is 308 g/mol. The van der Waals surface area contributed by atoms with Crippen LogP contribution in [-0.4, -0.2) is 40.4 Å². The molecule has 0 atom stereocenters. The zero-order valence-electron chi connectivity index (χ0n) is 12.6.